The lowest BCUT2D eigenvalue weighted by molar-refractivity contribution is -0.130. The Labute approximate surface area is 138 Å². The number of Topliss-reactive ketones (excluding diaryl/α,β-unsaturated/α-hetero) is 1. The first kappa shape index (κ1) is 15.0. The van der Waals surface area contributed by atoms with Gasteiger partial charge in [-0.2, -0.15) is 0 Å². The molecule has 0 unspecified atom stereocenters. The van der Waals surface area contributed by atoms with Gasteiger partial charge in [-0.05, 0) is 31.0 Å². The zero-order valence-corrected chi connectivity index (χ0v) is 13.2. The van der Waals surface area contributed by atoms with Crippen molar-refractivity contribution < 1.29 is 23.9 Å². The number of nitrogens with one attached hydrogen (secondary N) is 1. The largest absolute Gasteiger partial charge is 0.486 e. The highest BCUT2D eigenvalue weighted by Gasteiger charge is 2.52. The van der Waals surface area contributed by atoms with Crippen LogP contribution < -0.4 is 14.8 Å². The molecule has 0 bridgehead atoms. The first-order valence-corrected chi connectivity index (χ1v) is 8.16. The second-order valence-corrected chi connectivity index (χ2v) is 6.39. The van der Waals surface area contributed by atoms with E-state index in [4.69, 9.17) is 9.47 Å². The first-order valence-electron chi connectivity index (χ1n) is 8.16. The number of rotatable bonds is 3. The summed E-state index contributed by atoms with van der Waals surface area (Å²) in [5.41, 5.74) is -0.392. The molecule has 2 aliphatic heterocycles. The van der Waals surface area contributed by atoms with Crippen LogP contribution in [0.5, 0.6) is 11.5 Å². The molecule has 7 nitrogen and oxygen atoms in total. The van der Waals surface area contributed by atoms with Gasteiger partial charge in [0, 0.05) is 5.56 Å². The summed E-state index contributed by atoms with van der Waals surface area (Å²) >= 11 is 0. The molecule has 0 radical (unpaired) electrons. The van der Waals surface area contributed by atoms with Gasteiger partial charge in [0.25, 0.3) is 5.91 Å². The highest BCUT2D eigenvalue weighted by molar-refractivity contribution is 6.11. The molecule has 2 fully saturated rings. The monoisotopic (exact) mass is 330 g/mol. The van der Waals surface area contributed by atoms with Gasteiger partial charge >= 0.3 is 6.03 Å². The lowest BCUT2D eigenvalue weighted by Crippen LogP contribution is -2.44. The molecule has 3 amide bonds. The van der Waals surface area contributed by atoms with E-state index in [0.717, 1.165) is 17.7 Å². The number of nitrogens with zero attached hydrogens (tertiary/aromatic N) is 1. The Morgan fingerprint density at radius 1 is 1.12 bits per heavy atom. The minimum absolute atomic E-state index is 0.258. The van der Waals surface area contributed by atoms with Crippen LogP contribution in [0.15, 0.2) is 18.2 Å². The van der Waals surface area contributed by atoms with Gasteiger partial charge in [0.15, 0.2) is 17.3 Å². The van der Waals surface area contributed by atoms with Gasteiger partial charge in [-0.1, -0.05) is 12.8 Å². The normalized spacial score (nSPS) is 21.2. The van der Waals surface area contributed by atoms with E-state index in [2.05, 4.69) is 5.32 Å². The maximum atomic E-state index is 12.6. The minimum Gasteiger partial charge on any atom is -0.486 e. The SMILES string of the molecule is O=C(CN1C(=O)NC2(CCCC2)C1=O)c1ccc2c(c1)OCCO2. The van der Waals surface area contributed by atoms with Gasteiger partial charge in [-0.25, -0.2) is 4.79 Å². The fourth-order valence-electron chi connectivity index (χ4n) is 3.59. The summed E-state index contributed by atoms with van der Waals surface area (Å²) in [6, 6.07) is 4.42. The second kappa shape index (κ2) is 5.51. The van der Waals surface area contributed by atoms with Gasteiger partial charge < -0.3 is 14.8 Å². The number of fused-ring (bicyclic) bond motifs is 1. The summed E-state index contributed by atoms with van der Waals surface area (Å²) in [5.74, 6) is 0.524. The lowest BCUT2D eigenvalue weighted by atomic mass is 9.98. The topological polar surface area (TPSA) is 84.9 Å². The Bertz CT molecular complexity index is 724. The van der Waals surface area contributed by atoms with Crippen molar-refractivity contribution >= 4 is 17.7 Å². The van der Waals surface area contributed by atoms with Gasteiger partial charge in [0.1, 0.15) is 18.8 Å². The molecule has 0 atom stereocenters. The Morgan fingerprint density at radius 3 is 2.58 bits per heavy atom. The zero-order valence-electron chi connectivity index (χ0n) is 13.2. The summed E-state index contributed by atoms with van der Waals surface area (Å²) < 4.78 is 10.9. The number of ketones is 1. The highest BCUT2D eigenvalue weighted by Crippen LogP contribution is 2.35. The molecule has 3 aliphatic rings. The highest BCUT2D eigenvalue weighted by atomic mass is 16.6. The maximum Gasteiger partial charge on any atom is 0.325 e. The van der Waals surface area contributed by atoms with Crippen LogP contribution in [-0.2, 0) is 4.79 Å². The number of hydrogen-bond acceptors (Lipinski definition) is 5. The van der Waals surface area contributed by atoms with Crippen LogP contribution in [-0.4, -0.2) is 47.9 Å². The summed E-state index contributed by atoms with van der Waals surface area (Å²) in [6.45, 7) is 0.650. The Kier molecular flexibility index (Phi) is 3.44. The molecular weight excluding hydrogens is 312 g/mol. The lowest BCUT2D eigenvalue weighted by Gasteiger charge is -2.20. The molecular formula is C17H18N2O5. The van der Waals surface area contributed by atoms with E-state index >= 15 is 0 Å². The number of carbonyl (C=O) groups is 3. The molecule has 1 saturated carbocycles. The van der Waals surface area contributed by atoms with E-state index in [1.807, 2.05) is 0 Å². The summed E-state index contributed by atoms with van der Waals surface area (Å²) in [7, 11) is 0. The van der Waals surface area contributed by atoms with Crippen LogP contribution in [0.4, 0.5) is 4.79 Å². The van der Waals surface area contributed by atoms with Crippen LogP contribution in [0.1, 0.15) is 36.0 Å². The van der Waals surface area contributed by atoms with E-state index in [-0.39, 0.29) is 18.2 Å². The molecule has 1 aromatic carbocycles. The molecule has 1 N–H and O–H groups in total. The number of carbonyl (C=O) groups excluding carboxylic acids is 3. The minimum atomic E-state index is -0.788. The number of benzene rings is 1. The van der Waals surface area contributed by atoms with Crippen molar-refractivity contribution in [2.24, 2.45) is 0 Å². The smallest absolute Gasteiger partial charge is 0.325 e. The Morgan fingerprint density at radius 2 is 1.83 bits per heavy atom. The fourth-order valence-corrected chi connectivity index (χ4v) is 3.59. The van der Waals surface area contributed by atoms with Crippen molar-refractivity contribution in [3.8, 4) is 11.5 Å². The van der Waals surface area contributed by atoms with E-state index in [9.17, 15) is 14.4 Å². The van der Waals surface area contributed by atoms with E-state index in [0.29, 0.717) is 43.1 Å². The number of ether oxygens (including phenoxy) is 2. The van der Waals surface area contributed by atoms with Crippen LogP contribution >= 0.6 is 0 Å². The van der Waals surface area contributed by atoms with Crippen LogP contribution in [0.3, 0.4) is 0 Å². The van der Waals surface area contributed by atoms with E-state index < -0.39 is 11.6 Å². The van der Waals surface area contributed by atoms with Crippen molar-refractivity contribution in [2.75, 3.05) is 19.8 Å². The molecule has 1 aromatic rings. The van der Waals surface area contributed by atoms with Gasteiger partial charge in [-0.3, -0.25) is 14.5 Å². The van der Waals surface area contributed by atoms with Crippen LogP contribution in [0.25, 0.3) is 0 Å². The Hall–Kier alpha value is -2.57. The molecule has 1 spiro atoms. The van der Waals surface area contributed by atoms with Crippen molar-refractivity contribution in [3.05, 3.63) is 23.8 Å². The zero-order chi connectivity index (χ0) is 16.7. The fraction of sp³-hybridized carbons (Fsp3) is 0.471. The average Bonchev–Trinajstić information content (AvgIpc) is 3.15. The third-order valence-electron chi connectivity index (χ3n) is 4.87. The van der Waals surface area contributed by atoms with Gasteiger partial charge in [-0.15, -0.1) is 0 Å². The number of imide groups is 1. The second-order valence-electron chi connectivity index (χ2n) is 6.39. The van der Waals surface area contributed by atoms with Crippen molar-refractivity contribution in [3.63, 3.8) is 0 Å². The van der Waals surface area contributed by atoms with E-state index in [1.54, 1.807) is 18.2 Å². The molecule has 7 heteroatoms. The number of amides is 3. The molecule has 4 rings (SSSR count). The quantitative estimate of drug-likeness (QED) is 0.671. The Balaban J connectivity index is 1.52. The van der Waals surface area contributed by atoms with Gasteiger partial charge in [0.05, 0.1) is 6.54 Å². The third kappa shape index (κ3) is 2.31. The first-order chi connectivity index (χ1) is 11.6. The van der Waals surface area contributed by atoms with Gasteiger partial charge in [0.2, 0.25) is 0 Å². The molecule has 0 aromatic heterocycles. The molecule has 24 heavy (non-hydrogen) atoms. The molecule has 126 valence electrons. The summed E-state index contributed by atoms with van der Waals surface area (Å²) in [4.78, 5) is 38.3. The molecule has 1 aliphatic carbocycles. The van der Waals surface area contributed by atoms with Crippen molar-refractivity contribution in [2.45, 2.75) is 31.2 Å². The van der Waals surface area contributed by atoms with Crippen LogP contribution in [0, 0.1) is 0 Å². The molecule has 2 heterocycles. The number of hydrogen-bond donors (Lipinski definition) is 1. The van der Waals surface area contributed by atoms with E-state index in [1.165, 1.54) is 0 Å². The third-order valence-corrected chi connectivity index (χ3v) is 4.87. The molecule has 1 saturated heterocycles. The van der Waals surface area contributed by atoms with Crippen molar-refractivity contribution in [1.82, 2.24) is 10.2 Å². The summed E-state index contributed by atoms with van der Waals surface area (Å²) in [5, 5.41) is 2.78. The summed E-state index contributed by atoms with van der Waals surface area (Å²) in [6.07, 6.45) is 3.12. The van der Waals surface area contributed by atoms with Crippen LogP contribution in [0.2, 0.25) is 0 Å². The standard InChI is InChI=1S/C17H18N2O5/c20-12(11-3-4-13-14(9-11)24-8-7-23-13)10-19-15(21)17(18-16(19)22)5-1-2-6-17/h3-4,9H,1-2,5-8,10H2,(H,18,22). The number of urea groups is 1. The van der Waals surface area contributed by atoms with Crippen molar-refractivity contribution in [1.29, 1.82) is 0 Å². The average molecular weight is 330 g/mol. The predicted octanol–water partition coefficient (Wildman–Crippen LogP) is 1.51. The predicted molar refractivity (Wildman–Crippen MR) is 83.2 cm³/mol. The maximum absolute atomic E-state index is 12.6.